The Morgan fingerprint density at radius 1 is 1.24 bits per heavy atom. The molecule has 3 rings (SSSR count). The van der Waals surface area contributed by atoms with Gasteiger partial charge in [0, 0.05) is 13.1 Å². The van der Waals surface area contributed by atoms with Crippen LogP contribution in [0.1, 0.15) is 30.4 Å². The molecule has 4 heteroatoms. The summed E-state index contributed by atoms with van der Waals surface area (Å²) in [5.74, 6) is 2.81. The minimum absolute atomic E-state index is 0.537. The Bertz CT molecular complexity index is 783. The number of aryl methyl sites for hydroxylation is 3. The van der Waals surface area contributed by atoms with Crippen LogP contribution < -0.4 is 5.73 Å². The number of benzene rings is 1. The summed E-state index contributed by atoms with van der Waals surface area (Å²) in [6, 6.07) is 8.33. The average molecular weight is 283 g/mol. The lowest BCUT2D eigenvalue weighted by atomic mass is 10.2. The van der Waals surface area contributed by atoms with Crippen LogP contribution in [-0.2, 0) is 13.1 Å². The monoisotopic (exact) mass is 283 g/mol. The number of rotatable bonds is 4. The van der Waals surface area contributed by atoms with Crippen molar-refractivity contribution >= 4 is 11.0 Å². The molecule has 2 aromatic heterocycles. The zero-order valence-corrected chi connectivity index (χ0v) is 12.8. The van der Waals surface area contributed by atoms with E-state index in [9.17, 15) is 0 Å². The van der Waals surface area contributed by atoms with Gasteiger partial charge in [0.25, 0.3) is 0 Å². The summed E-state index contributed by atoms with van der Waals surface area (Å²) in [5.41, 5.74) is 10.1. The fraction of sp³-hybridized carbons (Fsp3) is 0.353. The van der Waals surface area contributed by atoms with Crippen LogP contribution in [0.3, 0.4) is 0 Å². The van der Waals surface area contributed by atoms with E-state index in [2.05, 4.69) is 35.8 Å². The Kier molecular flexibility index (Phi) is 3.55. The Morgan fingerprint density at radius 3 is 2.67 bits per heavy atom. The SMILES string of the molecule is CCCn1c(-c2cc(C)oc2C)nc2cc(CN)ccc21. The molecule has 21 heavy (non-hydrogen) atoms. The lowest BCUT2D eigenvalue weighted by Gasteiger charge is -2.07. The minimum Gasteiger partial charge on any atom is -0.466 e. The zero-order chi connectivity index (χ0) is 15.0. The highest BCUT2D eigenvalue weighted by Crippen LogP contribution is 2.30. The quantitative estimate of drug-likeness (QED) is 0.792. The summed E-state index contributed by atoms with van der Waals surface area (Å²) in [6.07, 6.45) is 1.06. The molecule has 0 fully saturated rings. The van der Waals surface area contributed by atoms with Crippen molar-refractivity contribution < 1.29 is 4.42 Å². The Labute approximate surface area is 124 Å². The predicted octanol–water partition coefficient (Wildman–Crippen LogP) is 3.78. The maximum atomic E-state index is 5.73. The van der Waals surface area contributed by atoms with E-state index >= 15 is 0 Å². The van der Waals surface area contributed by atoms with E-state index in [4.69, 9.17) is 15.1 Å². The van der Waals surface area contributed by atoms with E-state index in [1.54, 1.807) is 0 Å². The third kappa shape index (κ3) is 2.36. The molecule has 0 bridgehead atoms. The zero-order valence-electron chi connectivity index (χ0n) is 12.8. The van der Waals surface area contributed by atoms with Gasteiger partial charge in [-0.25, -0.2) is 4.98 Å². The second-order valence-electron chi connectivity index (χ2n) is 5.44. The van der Waals surface area contributed by atoms with E-state index in [1.807, 2.05) is 13.8 Å². The smallest absolute Gasteiger partial charge is 0.144 e. The van der Waals surface area contributed by atoms with Crippen molar-refractivity contribution in [1.82, 2.24) is 9.55 Å². The van der Waals surface area contributed by atoms with Crippen molar-refractivity contribution in [2.75, 3.05) is 0 Å². The van der Waals surface area contributed by atoms with Gasteiger partial charge in [-0.15, -0.1) is 0 Å². The van der Waals surface area contributed by atoms with Gasteiger partial charge in [-0.1, -0.05) is 13.0 Å². The van der Waals surface area contributed by atoms with E-state index in [-0.39, 0.29) is 0 Å². The number of hydrogen-bond acceptors (Lipinski definition) is 3. The summed E-state index contributed by atoms with van der Waals surface area (Å²) in [5, 5.41) is 0. The molecule has 0 aliphatic rings. The van der Waals surface area contributed by atoms with Gasteiger partial charge in [-0.05, 0) is 44.0 Å². The van der Waals surface area contributed by atoms with Crippen molar-refractivity contribution in [3.63, 3.8) is 0 Å². The lowest BCUT2D eigenvalue weighted by molar-refractivity contribution is 0.505. The van der Waals surface area contributed by atoms with E-state index in [0.29, 0.717) is 6.54 Å². The number of furan rings is 1. The van der Waals surface area contributed by atoms with Crippen LogP contribution in [0.25, 0.3) is 22.4 Å². The summed E-state index contributed by atoms with van der Waals surface area (Å²) in [7, 11) is 0. The van der Waals surface area contributed by atoms with Crippen LogP contribution in [0.4, 0.5) is 0 Å². The number of nitrogens with zero attached hydrogens (tertiary/aromatic N) is 2. The molecule has 0 aliphatic carbocycles. The van der Waals surface area contributed by atoms with Gasteiger partial charge in [0.2, 0.25) is 0 Å². The lowest BCUT2D eigenvalue weighted by Crippen LogP contribution is -2.00. The highest BCUT2D eigenvalue weighted by Gasteiger charge is 2.16. The molecule has 0 saturated heterocycles. The van der Waals surface area contributed by atoms with Gasteiger partial charge in [0.1, 0.15) is 17.3 Å². The highest BCUT2D eigenvalue weighted by atomic mass is 16.3. The first-order chi connectivity index (χ1) is 10.1. The second-order valence-corrected chi connectivity index (χ2v) is 5.44. The minimum atomic E-state index is 0.537. The molecule has 0 saturated carbocycles. The van der Waals surface area contributed by atoms with E-state index in [1.165, 1.54) is 0 Å². The molecule has 0 aliphatic heterocycles. The van der Waals surface area contributed by atoms with E-state index in [0.717, 1.165) is 52.5 Å². The molecule has 0 spiro atoms. The first-order valence-electron chi connectivity index (χ1n) is 7.40. The third-order valence-electron chi connectivity index (χ3n) is 3.78. The number of aromatic nitrogens is 2. The van der Waals surface area contributed by atoms with Gasteiger partial charge in [-0.3, -0.25) is 0 Å². The third-order valence-corrected chi connectivity index (χ3v) is 3.78. The maximum Gasteiger partial charge on any atom is 0.144 e. The maximum absolute atomic E-state index is 5.73. The van der Waals surface area contributed by atoms with Crippen LogP contribution in [-0.4, -0.2) is 9.55 Å². The topological polar surface area (TPSA) is 57.0 Å². The van der Waals surface area contributed by atoms with Crippen molar-refractivity contribution in [2.24, 2.45) is 5.73 Å². The summed E-state index contributed by atoms with van der Waals surface area (Å²) in [6.45, 7) is 7.61. The number of nitrogens with two attached hydrogens (primary N) is 1. The molecular formula is C17H21N3O. The van der Waals surface area contributed by atoms with Gasteiger partial charge in [-0.2, -0.15) is 0 Å². The van der Waals surface area contributed by atoms with Gasteiger partial charge in [0.05, 0.1) is 16.6 Å². The summed E-state index contributed by atoms with van der Waals surface area (Å²) < 4.78 is 7.94. The molecule has 4 nitrogen and oxygen atoms in total. The molecular weight excluding hydrogens is 262 g/mol. The average Bonchev–Trinajstić information content (AvgIpc) is 2.99. The molecule has 2 heterocycles. The molecule has 0 unspecified atom stereocenters. The van der Waals surface area contributed by atoms with Crippen LogP contribution >= 0.6 is 0 Å². The van der Waals surface area contributed by atoms with Crippen LogP contribution in [0, 0.1) is 13.8 Å². The normalized spacial score (nSPS) is 11.4. The summed E-state index contributed by atoms with van der Waals surface area (Å²) >= 11 is 0. The van der Waals surface area contributed by atoms with Crippen molar-refractivity contribution in [2.45, 2.75) is 40.3 Å². The number of fused-ring (bicyclic) bond motifs is 1. The Hall–Kier alpha value is -2.07. The fourth-order valence-electron chi connectivity index (χ4n) is 2.81. The molecule has 110 valence electrons. The Morgan fingerprint density at radius 2 is 2.05 bits per heavy atom. The van der Waals surface area contributed by atoms with Gasteiger partial charge < -0.3 is 14.7 Å². The van der Waals surface area contributed by atoms with Crippen LogP contribution in [0.5, 0.6) is 0 Å². The molecule has 0 amide bonds. The van der Waals surface area contributed by atoms with Gasteiger partial charge >= 0.3 is 0 Å². The predicted molar refractivity (Wildman–Crippen MR) is 85.1 cm³/mol. The van der Waals surface area contributed by atoms with Crippen LogP contribution in [0.15, 0.2) is 28.7 Å². The molecule has 0 radical (unpaired) electrons. The molecule has 2 N–H and O–H groups in total. The first kappa shape index (κ1) is 13.9. The molecule has 1 aromatic carbocycles. The first-order valence-corrected chi connectivity index (χ1v) is 7.40. The van der Waals surface area contributed by atoms with Crippen LogP contribution in [0.2, 0.25) is 0 Å². The van der Waals surface area contributed by atoms with E-state index < -0.39 is 0 Å². The second kappa shape index (κ2) is 5.37. The van der Waals surface area contributed by atoms with Crippen molar-refractivity contribution in [3.8, 4) is 11.4 Å². The largest absolute Gasteiger partial charge is 0.466 e. The fourth-order valence-corrected chi connectivity index (χ4v) is 2.81. The summed E-state index contributed by atoms with van der Waals surface area (Å²) in [4.78, 5) is 4.83. The molecule has 0 atom stereocenters. The van der Waals surface area contributed by atoms with Crippen molar-refractivity contribution in [1.29, 1.82) is 0 Å². The highest BCUT2D eigenvalue weighted by molar-refractivity contribution is 5.81. The standard InChI is InChI=1S/C17H21N3O/c1-4-7-20-16-6-5-13(10-18)9-15(16)19-17(20)14-8-11(2)21-12(14)3/h5-6,8-9H,4,7,10,18H2,1-3H3. The van der Waals surface area contributed by atoms with Gasteiger partial charge in [0.15, 0.2) is 0 Å². The Balaban J connectivity index is 2.25. The van der Waals surface area contributed by atoms with Crippen molar-refractivity contribution in [3.05, 3.63) is 41.3 Å². The molecule has 3 aromatic rings. The number of hydrogen-bond donors (Lipinski definition) is 1. The number of imidazole rings is 1.